The molecule has 0 unspecified atom stereocenters. The number of amides is 3. The van der Waals surface area contributed by atoms with Crippen molar-refractivity contribution in [1.29, 1.82) is 0 Å². The molecule has 29 heavy (non-hydrogen) atoms. The average molecular weight is 406 g/mol. The van der Waals surface area contributed by atoms with E-state index in [1.807, 2.05) is 13.8 Å². The lowest BCUT2D eigenvalue weighted by Gasteiger charge is -2.25. The van der Waals surface area contributed by atoms with Crippen LogP contribution in [-0.4, -0.2) is 55.2 Å². The van der Waals surface area contributed by atoms with Gasteiger partial charge < -0.3 is 19.1 Å². The molecule has 1 aliphatic heterocycles. The van der Waals surface area contributed by atoms with Gasteiger partial charge in [0.1, 0.15) is 23.1 Å². The maximum absolute atomic E-state index is 13.2. The van der Waals surface area contributed by atoms with Crippen molar-refractivity contribution in [2.24, 2.45) is 5.92 Å². The second kappa shape index (κ2) is 8.71. The topological polar surface area (TPSA) is 85.4 Å². The SMILES string of the molecule is COc1ccc(OC)c(N2C(=O)[C@H](CC(=O)OC(C)(C)C)N(CC(C)C)C2=O)c1. The van der Waals surface area contributed by atoms with E-state index in [4.69, 9.17) is 14.2 Å². The molecule has 160 valence electrons. The molecule has 1 aliphatic rings. The highest BCUT2D eigenvalue weighted by Gasteiger charge is 2.48. The van der Waals surface area contributed by atoms with Crippen LogP contribution < -0.4 is 14.4 Å². The Morgan fingerprint density at radius 2 is 1.79 bits per heavy atom. The summed E-state index contributed by atoms with van der Waals surface area (Å²) in [6.45, 7) is 9.48. The molecule has 0 saturated carbocycles. The molecule has 0 N–H and O–H groups in total. The van der Waals surface area contributed by atoms with Gasteiger partial charge >= 0.3 is 12.0 Å². The van der Waals surface area contributed by atoms with Crippen molar-refractivity contribution < 1.29 is 28.6 Å². The Morgan fingerprint density at radius 1 is 1.14 bits per heavy atom. The van der Waals surface area contributed by atoms with E-state index < -0.39 is 29.6 Å². The summed E-state index contributed by atoms with van der Waals surface area (Å²) in [4.78, 5) is 41.3. The molecule has 0 spiro atoms. The molecule has 1 atom stereocenters. The van der Waals surface area contributed by atoms with Crippen LogP contribution in [0.4, 0.5) is 10.5 Å². The number of benzene rings is 1. The summed E-state index contributed by atoms with van der Waals surface area (Å²) in [6, 6.07) is 3.44. The van der Waals surface area contributed by atoms with Crippen molar-refractivity contribution in [3.63, 3.8) is 0 Å². The Balaban J connectivity index is 2.42. The number of esters is 1. The summed E-state index contributed by atoms with van der Waals surface area (Å²) >= 11 is 0. The quantitative estimate of drug-likeness (QED) is 0.511. The number of ether oxygens (including phenoxy) is 3. The third-order valence-electron chi connectivity index (χ3n) is 4.29. The van der Waals surface area contributed by atoms with E-state index in [1.165, 1.54) is 19.1 Å². The maximum Gasteiger partial charge on any atom is 0.332 e. The highest BCUT2D eigenvalue weighted by molar-refractivity contribution is 6.22. The summed E-state index contributed by atoms with van der Waals surface area (Å²) in [6.07, 6.45) is -0.211. The second-order valence-electron chi connectivity index (χ2n) is 8.35. The zero-order chi connectivity index (χ0) is 21.9. The summed E-state index contributed by atoms with van der Waals surface area (Å²) in [5, 5.41) is 0. The van der Waals surface area contributed by atoms with Crippen LogP contribution in [0, 0.1) is 5.92 Å². The number of rotatable bonds is 7. The van der Waals surface area contributed by atoms with Gasteiger partial charge in [-0.05, 0) is 38.8 Å². The number of imide groups is 1. The summed E-state index contributed by atoms with van der Waals surface area (Å²) in [7, 11) is 2.95. The average Bonchev–Trinajstić information content (AvgIpc) is 2.83. The van der Waals surface area contributed by atoms with Crippen LogP contribution in [-0.2, 0) is 14.3 Å². The van der Waals surface area contributed by atoms with Gasteiger partial charge in [0.2, 0.25) is 0 Å². The first-order chi connectivity index (χ1) is 13.5. The van der Waals surface area contributed by atoms with Crippen LogP contribution in [0.2, 0.25) is 0 Å². The lowest BCUT2D eigenvalue weighted by Crippen LogP contribution is -2.40. The minimum Gasteiger partial charge on any atom is -0.497 e. The first kappa shape index (κ1) is 22.5. The Kier molecular flexibility index (Phi) is 6.77. The lowest BCUT2D eigenvalue weighted by molar-refractivity contribution is -0.156. The van der Waals surface area contributed by atoms with Gasteiger partial charge in [0.15, 0.2) is 0 Å². The fraction of sp³-hybridized carbons (Fsp3) is 0.571. The third kappa shape index (κ3) is 5.19. The molecule has 3 amide bonds. The molecular weight excluding hydrogens is 376 g/mol. The van der Waals surface area contributed by atoms with Gasteiger partial charge in [-0.25, -0.2) is 9.69 Å². The van der Waals surface area contributed by atoms with Gasteiger partial charge in [0.05, 0.1) is 26.3 Å². The zero-order valence-electron chi connectivity index (χ0n) is 18.1. The van der Waals surface area contributed by atoms with Gasteiger partial charge in [-0.2, -0.15) is 0 Å². The van der Waals surface area contributed by atoms with E-state index in [-0.39, 0.29) is 18.0 Å². The van der Waals surface area contributed by atoms with Gasteiger partial charge in [-0.3, -0.25) is 9.59 Å². The molecule has 8 heteroatoms. The number of anilines is 1. The number of carbonyl (C=O) groups is 3. The number of methoxy groups -OCH3 is 2. The van der Waals surface area contributed by atoms with E-state index >= 15 is 0 Å². The van der Waals surface area contributed by atoms with Crippen LogP contribution in [0.25, 0.3) is 0 Å². The highest BCUT2D eigenvalue weighted by atomic mass is 16.6. The molecule has 2 rings (SSSR count). The standard InChI is InChI=1S/C21H30N2O6/c1-13(2)12-22-16(11-18(24)29-21(3,4)5)19(25)23(20(22)26)15-10-14(27-6)8-9-17(15)28-7/h8-10,13,16H,11-12H2,1-7H3/t16-/m0/s1. The molecule has 0 aliphatic carbocycles. The smallest absolute Gasteiger partial charge is 0.332 e. The van der Waals surface area contributed by atoms with E-state index in [1.54, 1.807) is 39.0 Å². The van der Waals surface area contributed by atoms with Crippen molar-refractivity contribution in [2.45, 2.75) is 52.7 Å². The summed E-state index contributed by atoms with van der Waals surface area (Å²) in [5.74, 6) is -0.0766. The van der Waals surface area contributed by atoms with Crippen LogP contribution in [0.3, 0.4) is 0 Å². The Bertz CT molecular complexity index is 784. The molecular formula is C21H30N2O6. The van der Waals surface area contributed by atoms with E-state index in [9.17, 15) is 14.4 Å². The number of nitrogens with zero attached hydrogens (tertiary/aromatic N) is 2. The Labute approximate surface area is 171 Å². The monoisotopic (exact) mass is 406 g/mol. The zero-order valence-corrected chi connectivity index (χ0v) is 18.1. The number of urea groups is 1. The molecule has 1 saturated heterocycles. The molecule has 8 nitrogen and oxygen atoms in total. The number of carbonyl (C=O) groups excluding carboxylic acids is 3. The van der Waals surface area contributed by atoms with Crippen molar-refractivity contribution in [1.82, 2.24) is 4.90 Å². The van der Waals surface area contributed by atoms with E-state index in [0.29, 0.717) is 18.0 Å². The van der Waals surface area contributed by atoms with E-state index in [0.717, 1.165) is 4.90 Å². The van der Waals surface area contributed by atoms with Crippen LogP contribution in [0.15, 0.2) is 18.2 Å². The lowest BCUT2D eigenvalue weighted by atomic mass is 10.1. The van der Waals surface area contributed by atoms with Gasteiger partial charge in [0, 0.05) is 12.6 Å². The Morgan fingerprint density at radius 3 is 2.31 bits per heavy atom. The van der Waals surface area contributed by atoms with Crippen molar-refractivity contribution in [3.05, 3.63) is 18.2 Å². The maximum atomic E-state index is 13.2. The first-order valence-corrected chi connectivity index (χ1v) is 9.57. The van der Waals surface area contributed by atoms with Crippen molar-refractivity contribution in [2.75, 3.05) is 25.7 Å². The van der Waals surface area contributed by atoms with Crippen LogP contribution in [0.5, 0.6) is 11.5 Å². The molecule has 1 aromatic rings. The van der Waals surface area contributed by atoms with Gasteiger partial charge in [-0.1, -0.05) is 13.8 Å². The first-order valence-electron chi connectivity index (χ1n) is 9.57. The normalized spacial score (nSPS) is 17.2. The van der Waals surface area contributed by atoms with Gasteiger partial charge in [0.25, 0.3) is 5.91 Å². The minimum atomic E-state index is -0.935. The highest BCUT2D eigenvalue weighted by Crippen LogP contribution is 2.37. The second-order valence-corrected chi connectivity index (χ2v) is 8.35. The fourth-order valence-corrected chi connectivity index (χ4v) is 3.17. The molecule has 0 bridgehead atoms. The molecule has 0 radical (unpaired) electrons. The van der Waals surface area contributed by atoms with Gasteiger partial charge in [-0.15, -0.1) is 0 Å². The third-order valence-corrected chi connectivity index (χ3v) is 4.29. The predicted molar refractivity (Wildman–Crippen MR) is 108 cm³/mol. The van der Waals surface area contributed by atoms with Crippen molar-refractivity contribution in [3.8, 4) is 11.5 Å². The molecule has 1 fully saturated rings. The number of hydrogen-bond acceptors (Lipinski definition) is 6. The summed E-state index contributed by atoms with van der Waals surface area (Å²) < 4.78 is 15.9. The summed E-state index contributed by atoms with van der Waals surface area (Å²) in [5.41, 5.74) is -0.399. The Hall–Kier alpha value is -2.77. The predicted octanol–water partition coefficient (Wildman–Crippen LogP) is 3.23. The number of hydrogen-bond donors (Lipinski definition) is 0. The minimum absolute atomic E-state index is 0.111. The van der Waals surface area contributed by atoms with Crippen LogP contribution >= 0.6 is 0 Å². The molecule has 1 aromatic carbocycles. The molecule has 1 heterocycles. The largest absolute Gasteiger partial charge is 0.497 e. The fourth-order valence-electron chi connectivity index (χ4n) is 3.17. The van der Waals surface area contributed by atoms with Crippen molar-refractivity contribution >= 4 is 23.6 Å². The molecule has 0 aromatic heterocycles. The van der Waals surface area contributed by atoms with E-state index in [2.05, 4.69) is 0 Å². The van der Waals surface area contributed by atoms with Crippen LogP contribution in [0.1, 0.15) is 41.0 Å².